The lowest BCUT2D eigenvalue weighted by molar-refractivity contribution is -0.127. The van der Waals surface area contributed by atoms with Crippen LogP contribution in [0.2, 0.25) is 0 Å². The fraction of sp³-hybridized carbons (Fsp3) is 0.688. The van der Waals surface area contributed by atoms with Gasteiger partial charge in [-0.2, -0.15) is 0 Å². The highest BCUT2D eigenvalue weighted by molar-refractivity contribution is 5.94. The van der Waals surface area contributed by atoms with Crippen LogP contribution < -0.4 is 0 Å². The quantitative estimate of drug-likeness (QED) is 0.830. The number of carbonyl (C=O) groups excluding carboxylic acids is 1. The van der Waals surface area contributed by atoms with Crippen molar-refractivity contribution >= 4 is 5.91 Å². The zero-order valence-electron chi connectivity index (χ0n) is 14.1. The predicted octanol–water partition coefficient (Wildman–Crippen LogP) is 1.07. The van der Waals surface area contributed by atoms with Gasteiger partial charge in [0.05, 0.1) is 30.5 Å². The first kappa shape index (κ1) is 16.0. The molecule has 23 heavy (non-hydrogen) atoms. The molecule has 1 aromatic heterocycles. The van der Waals surface area contributed by atoms with E-state index in [0.717, 1.165) is 37.2 Å². The highest BCUT2D eigenvalue weighted by Crippen LogP contribution is 2.29. The summed E-state index contributed by atoms with van der Waals surface area (Å²) in [6.45, 7) is 4.13. The second-order valence-electron chi connectivity index (χ2n) is 6.40. The van der Waals surface area contributed by atoms with E-state index in [4.69, 9.17) is 4.74 Å². The van der Waals surface area contributed by atoms with Crippen LogP contribution in [0.5, 0.6) is 0 Å². The zero-order chi connectivity index (χ0) is 16.4. The van der Waals surface area contributed by atoms with Crippen molar-refractivity contribution in [2.45, 2.75) is 38.3 Å². The van der Waals surface area contributed by atoms with Gasteiger partial charge in [-0.1, -0.05) is 12.1 Å². The van der Waals surface area contributed by atoms with Crippen LogP contribution in [0.4, 0.5) is 0 Å². The molecule has 1 aromatic rings. The Kier molecular flexibility index (Phi) is 4.66. The molecule has 1 amide bonds. The molecule has 0 spiro atoms. The molecule has 2 aliphatic heterocycles. The Morgan fingerprint density at radius 3 is 2.91 bits per heavy atom. The second-order valence-corrected chi connectivity index (χ2v) is 6.40. The van der Waals surface area contributed by atoms with E-state index in [1.807, 2.05) is 36.8 Å². The number of hydrogen-bond donors (Lipinski definition) is 0. The van der Waals surface area contributed by atoms with E-state index in [9.17, 15) is 4.79 Å². The van der Waals surface area contributed by atoms with Crippen LogP contribution in [0, 0.1) is 0 Å². The van der Waals surface area contributed by atoms with Crippen molar-refractivity contribution in [3.8, 4) is 0 Å². The van der Waals surface area contributed by atoms with Gasteiger partial charge in [0.25, 0.3) is 5.91 Å². The third-order valence-corrected chi connectivity index (χ3v) is 4.75. The highest BCUT2D eigenvalue weighted by Gasteiger charge is 2.39. The second kappa shape index (κ2) is 6.70. The standard InChI is InChI=1S/C16H25N5O2/c1-4-15-12(6-5-9-23-15)16(22)20-10-13(19(2)3)14(11-20)21-8-7-17-18-21/h7-8,13-14H,4-6,9-11H2,1-3H3/t13-,14+/m1/s1. The van der Waals surface area contributed by atoms with Gasteiger partial charge in [-0.25, -0.2) is 4.68 Å². The summed E-state index contributed by atoms with van der Waals surface area (Å²) >= 11 is 0. The lowest BCUT2D eigenvalue weighted by Crippen LogP contribution is -2.37. The smallest absolute Gasteiger partial charge is 0.253 e. The van der Waals surface area contributed by atoms with E-state index in [1.54, 1.807) is 6.20 Å². The molecular weight excluding hydrogens is 294 g/mol. The summed E-state index contributed by atoms with van der Waals surface area (Å²) in [5, 5.41) is 8.04. The van der Waals surface area contributed by atoms with E-state index in [-0.39, 0.29) is 18.0 Å². The highest BCUT2D eigenvalue weighted by atomic mass is 16.5. The predicted molar refractivity (Wildman–Crippen MR) is 85.6 cm³/mol. The van der Waals surface area contributed by atoms with E-state index < -0.39 is 0 Å². The molecule has 0 aliphatic carbocycles. The molecule has 0 aromatic carbocycles. The molecule has 126 valence electrons. The normalized spacial score (nSPS) is 25.1. The summed E-state index contributed by atoms with van der Waals surface area (Å²) < 4.78 is 7.55. The number of nitrogens with zero attached hydrogens (tertiary/aromatic N) is 5. The summed E-state index contributed by atoms with van der Waals surface area (Å²) in [4.78, 5) is 17.1. The molecule has 0 bridgehead atoms. The molecule has 2 aliphatic rings. The Balaban J connectivity index is 1.81. The Bertz CT molecular complexity index is 581. The number of likely N-dealkylation sites (tertiary alicyclic amines) is 1. The molecule has 3 rings (SSSR count). The molecule has 1 saturated heterocycles. The number of carbonyl (C=O) groups is 1. The van der Waals surface area contributed by atoms with Crippen molar-refractivity contribution in [1.29, 1.82) is 0 Å². The number of rotatable bonds is 4. The van der Waals surface area contributed by atoms with Crippen molar-refractivity contribution in [3.63, 3.8) is 0 Å². The minimum atomic E-state index is 0.121. The molecule has 3 heterocycles. The largest absolute Gasteiger partial charge is 0.497 e. The number of hydrogen-bond acceptors (Lipinski definition) is 5. The number of likely N-dealkylation sites (N-methyl/N-ethyl adjacent to an activating group) is 1. The van der Waals surface area contributed by atoms with Gasteiger partial charge in [0.15, 0.2) is 0 Å². The molecular formula is C16H25N5O2. The summed E-state index contributed by atoms with van der Waals surface area (Å²) in [5.74, 6) is 0.989. The van der Waals surface area contributed by atoms with Crippen molar-refractivity contribution in [2.75, 3.05) is 33.8 Å². The maximum atomic E-state index is 13.0. The fourth-order valence-corrected chi connectivity index (χ4v) is 3.50. The van der Waals surface area contributed by atoms with Gasteiger partial charge in [0, 0.05) is 25.7 Å². The van der Waals surface area contributed by atoms with E-state index in [0.29, 0.717) is 13.1 Å². The average molecular weight is 319 g/mol. The van der Waals surface area contributed by atoms with Crippen molar-refractivity contribution in [2.24, 2.45) is 0 Å². The first-order valence-corrected chi connectivity index (χ1v) is 8.28. The lowest BCUT2D eigenvalue weighted by Gasteiger charge is -2.25. The first-order valence-electron chi connectivity index (χ1n) is 8.28. The van der Waals surface area contributed by atoms with Gasteiger partial charge >= 0.3 is 0 Å². The summed E-state index contributed by atoms with van der Waals surface area (Å²) in [6.07, 6.45) is 6.07. The van der Waals surface area contributed by atoms with Gasteiger partial charge in [0.2, 0.25) is 0 Å². The molecule has 0 saturated carbocycles. The van der Waals surface area contributed by atoms with Crippen LogP contribution >= 0.6 is 0 Å². The van der Waals surface area contributed by atoms with Gasteiger partial charge in [-0.15, -0.1) is 5.10 Å². The maximum Gasteiger partial charge on any atom is 0.253 e. The van der Waals surface area contributed by atoms with Crippen molar-refractivity contribution in [3.05, 3.63) is 23.7 Å². The van der Waals surface area contributed by atoms with Gasteiger partial charge in [-0.05, 0) is 26.9 Å². The van der Waals surface area contributed by atoms with E-state index in [1.165, 1.54) is 0 Å². The summed E-state index contributed by atoms with van der Waals surface area (Å²) in [6, 6.07) is 0.363. The van der Waals surface area contributed by atoms with E-state index >= 15 is 0 Å². The maximum absolute atomic E-state index is 13.0. The fourth-order valence-electron chi connectivity index (χ4n) is 3.50. The third kappa shape index (κ3) is 3.10. The van der Waals surface area contributed by atoms with Crippen molar-refractivity contribution < 1.29 is 9.53 Å². The SMILES string of the molecule is CCC1=C(C(=O)N2C[C@@H](N(C)C)[C@@H](n3ccnn3)C2)CCCO1. The molecule has 0 radical (unpaired) electrons. The third-order valence-electron chi connectivity index (χ3n) is 4.75. The minimum absolute atomic E-state index is 0.121. The van der Waals surface area contributed by atoms with Gasteiger partial charge < -0.3 is 14.5 Å². The van der Waals surface area contributed by atoms with Crippen LogP contribution in [0.15, 0.2) is 23.7 Å². The van der Waals surface area contributed by atoms with Crippen LogP contribution in [-0.2, 0) is 9.53 Å². The molecule has 7 heteroatoms. The zero-order valence-corrected chi connectivity index (χ0v) is 14.1. The summed E-state index contributed by atoms with van der Waals surface area (Å²) in [5.41, 5.74) is 0.857. The Morgan fingerprint density at radius 2 is 2.26 bits per heavy atom. The van der Waals surface area contributed by atoms with Crippen LogP contribution in [0.3, 0.4) is 0 Å². The number of amides is 1. The molecule has 0 N–H and O–H groups in total. The van der Waals surface area contributed by atoms with Crippen LogP contribution in [0.25, 0.3) is 0 Å². The minimum Gasteiger partial charge on any atom is -0.497 e. The first-order chi connectivity index (χ1) is 11.1. The Hall–Kier alpha value is -1.89. The Labute approximate surface area is 136 Å². The molecule has 0 unspecified atom stereocenters. The van der Waals surface area contributed by atoms with Crippen LogP contribution in [-0.4, -0.2) is 70.5 Å². The molecule has 7 nitrogen and oxygen atoms in total. The topological polar surface area (TPSA) is 63.5 Å². The number of allylic oxidation sites excluding steroid dienone is 1. The van der Waals surface area contributed by atoms with Gasteiger partial charge in [0.1, 0.15) is 5.76 Å². The summed E-state index contributed by atoms with van der Waals surface area (Å²) in [7, 11) is 4.09. The van der Waals surface area contributed by atoms with Crippen LogP contribution in [0.1, 0.15) is 32.2 Å². The number of ether oxygens (including phenoxy) is 1. The lowest BCUT2D eigenvalue weighted by atomic mass is 10.0. The molecule has 2 atom stereocenters. The van der Waals surface area contributed by atoms with E-state index in [2.05, 4.69) is 15.2 Å². The van der Waals surface area contributed by atoms with Crippen molar-refractivity contribution in [1.82, 2.24) is 24.8 Å². The van der Waals surface area contributed by atoms with Gasteiger partial charge in [-0.3, -0.25) is 4.79 Å². The molecule has 1 fully saturated rings. The number of aromatic nitrogens is 3. The monoisotopic (exact) mass is 319 g/mol. The average Bonchev–Trinajstić information content (AvgIpc) is 3.22. The Morgan fingerprint density at radius 1 is 1.43 bits per heavy atom.